The molecule has 10 heteroatoms. The van der Waals surface area contributed by atoms with Crippen LogP contribution in [0, 0.1) is 0 Å². The van der Waals surface area contributed by atoms with Gasteiger partial charge in [-0.05, 0) is 37.0 Å². The van der Waals surface area contributed by atoms with Crippen LogP contribution in [0.25, 0.3) is 0 Å². The van der Waals surface area contributed by atoms with Crippen molar-refractivity contribution >= 4 is 35.4 Å². The maximum atomic E-state index is 13.1. The van der Waals surface area contributed by atoms with Crippen LogP contribution in [0.5, 0.6) is 0 Å². The van der Waals surface area contributed by atoms with Gasteiger partial charge in [-0.1, -0.05) is 55.7 Å². The molecular formula is C28H32N4O6. The Labute approximate surface area is 221 Å². The summed E-state index contributed by atoms with van der Waals surface area (Å²) in [5.41, 5.74) is 2.04. The van der Waals surface area contributed by atoms with Gasteiger partial charge in [0.25, 0.3) is 11.8 Å². The number of nitrogens with zero attached hydrogens (tertiary/aromatic N) is 1. The van der Waals surface area contributed by atoms with E-state index < -0.39 is 35.8 Å². The molecule has 1 fully saturated rings. The van der Waals surface area contributed by atoms with E-state index in [1.54, 1.807) is 18.2 Å². The lowest BCUT2D eigenvalue weighted by Crippen LogP contribution is -2.54. The Balaban J connectivity index is 1.13. The standard InChI is InChI=1S/C28H32N4O6/c33-23-15-14-22(25(34)31-23)32-26(35)20-12-9-13-21(24(20)27(32)36)29-16-7-2-1-3-8-17-30-28(37)38-18-19-10-5-4-6-11-19/h4-6,9-13,22,29H,1-3,7-8,14-18H2,(H,30,37)(H,31,33,34). The van der Waals surface area contributed by atoms with E-state index in [4.69, 9.17) is 4.74 Å². The van der Waals surface area contributed by atoms with Crippen molar-refractivity contribution in [2.24, 2.45) is 0 Å². The van der Waals surface area contributed by atoms with E-state index in [0.29, 0.717) is 18.8 Å². The number of rotatable bonds is 12. The van der Waals surface area contributed by atoms with E-state index >= 15 is 0 Å². The highest BCUT2D eigenvalue weighted by atomic mass is 16.5. The first-order valence-electron chi connectivity index (χ1n) is 13.0. The second-order valence-electron chi connectivity index (χ2n) is 9.36. The summed E-state index contributed by atoms with van der Waals surface area (Å²) in [6.45, 7) is 1.43. The number of carbonyl (C=O) groups is 5. The maximum absolute atomic E-state index is 13.1. The zero-order chi connectivity index (χ0) is 26.9. The van der Waals surface area contributed by atoms with Gasteiger partial charge in [0.15, 0.2) is 0 Å². The smallest absolute Gasteiger partial charge is 0.407 e. The zero-order valence-corrected chi connectivity index (χ0v) is 21.2. The molecule has 0 aliphatic carbocycles. The number of nitrogens with one attached hydrogen (secondary N) is 3. The van der Waals surface area contributed by atoms with Gasteiger partial charge in [-0.25, -0.2) is 4.79 Å². The average molecular weight is 521 g/mol. The summed E-state index contributed by atoms with van der Waals surface area (Å²) in [5, 5.41) is 8.22. The van der Waals surface area contributed by atoms with Gasteiger partial charge in [0.2, 0.25) is 11.8 Å². The largest absolute Gasteiger partial charge is 0.445 e. The van der Waals surface area contributed by atoms with Crippen molar-refractivity contribution in [2.75, 3.05) is 18.4 Å². The number of piperidine rings is 1. The van der Waals surface area contributed by atoms with Crippen molar-refractivity contribution in [1.29, 1.82) is 0 Å². The second kappa shape index (κ2) is 12.8. The summed E-state index contributed by atoms with van der Waals surface area (Å²) in [7, 11) is 0. The molecule has 2 heterocycles. The SMILES string of the molecule is O=C1CCC(N2C(=O)c3cccc(NCCCCCCCNC(=O)OCc4ccccc4)c3C2=O)C(=O)N1. The molecule has 2 aromatic carbocycles. The van der Waals surface area contributed by atoms with Crippen LogP contribution < -0.4 is 16.0 Å². The van der Waals surface area contributed by atoms with Gasteiger partial charge in [0.05, 0.1) is 11.1 Å². The molecule has 2 aromatic rings. The minimum absolute atomic E-state index is 0.0866. The molecule has 200 valence electrons. The lowest BCUT2D eigenvalue weighted by Gasteiger charge is -2.27. The monoisotopic (exact) mass is 520 g/mol. The third-order valence-corrected chi connectivity index (χ3v) is 6.62. The van der Waals surface area contributed by atoms with E-state index in [9.17, 15) is 24.0 Å². The molecular weight excluding hydrogens is 488 g/mol. The Bertz CT molecular complexity index is 1200. The highest BCUT2D eigenvalue weighted by molar-refractivity contribution is 6.25. The van der Waals surface area contributed by atoms with Gasteiger partial charge in [-0.2, -0.15) is 0 Å². The molecule has 2 aliphatic rings. The van der Waals surface area contributed by atoms with Crippen LogP contribution in [0.4, 0.5) is 10.5 Å². The first-order chi connectivity index (χ1) is 18.5. The Hall–Kier alpha value is -4.21. The van der Waals surface area contributed by atoms with Crippen LogP contribution in [0.3, 0.4) is 0 Å². The summed E-state index contributed by atoms with van der Waals surface area (Å²) in [6.07, 6.45) is 4.45. The van der Waals surface area contributed by atoms with E-state index in [2.05, 4.69) is 16.0 Å². The van der Waals surface area contributed by atoms with Crippen LogP contribution in [-0.2, 0) is 20.9 Å². The summed E-state index contributed by atoms with van der Waals surface area (Å²) in [5.74, 6) is -2.05. The quantitative estimate of drug-likeness (QED) is 0.289. The third kappa shape index (κ3) is 6.56. The number of benzene rings is 2. The molecule has 38 heavy (non-hydrogen) atoms. The van der Waals surface area contributed by atoms with E-state index in [0.717, 1.165) is 42.6 Å². The Kier molecular flexibility index (Phi) is 9.07. The Morgan fingerprint density at radius 1 is 0.895 bits per heavy atom. The fraction of sp³-hybridized carbons (Fsp3) is 0.393. The first-order valence-corrected chi connectivity index (χ1v) is 13.0. The zero-order valence-electron chi connectivity index (χ0n) is 21.2. The van der Waals surface area contributed by atoms with Crippen LogP contribution in [0.1, 0.15) is 71.2 Å². The number of hydrogen-bond acceptors (Lipinski definition) is 7. The van der Waals surface area contributed by atoms with E-state index in [-0.39, 0.29) is 30.6 Å². The van der Waals surface area contributed by atoms with Crippen LogP contribution in [0.15, 0.2) is 48.5 Å². The highest BCUT2D eigenvalue weighted by Crippen LogP contribution is 2.32. The van der Waals surface area contributed by atoms with Crippen molar-refractivity contribution in [3.63, 3.8) is 0 Å². The number of alkyl carbamates (subject to hydrolysis) is 1. The van der Waals surface area contributed by atoms with Crippen molar-refractivity contribution in [1.82, 2.24) is 15.5 Å². The van der Waals surface area contributed by atoms with Crippen LogP contribution in [-0.4, -0.2) is 53.8 Å². The normalized spacial score (nSPS) is 16.7. The summed E-state index contributed by atoms with van der Waals surface area (Å²) < 4.78 is 5.19. The topological polar surface area (TPSA) is 134 Å². The average Bonchev–Trinajstić information content (AvgIpc) is 3.17. The van der Waals surface area contributed by atoms with Crippen LogP contribution >= 0.6 is 0 Å². The molecule has 0 aromatic heterocycles. The number of ether oxygens (including phenoxy) is 1. The molecule has 4 rings (SSSR count). The number of unbranched alkanes of at least 4 members (excludes halogenated alkanes) is 4. The summed E-state index contributed by atoms with van der Waals surface area (Å²) in [6, 6.07) is 13.6. The first kappa shape index (κ1) is 26.8. The molecule has 1 atom stereocenters. The van der Waals surface area contributed by atoms with Crippen molar-refractivity contribution in [3.05, 3.63) is 65.2 Å². The highest BCUT2D eigenvalue weighted by Gasteiger charge is 2.45. The van der Waals surface area contributed by atoms with Gasteiger partial charge >= 0.3 is 6.09 Å². The fourth-order valence-corrected chi connectivity index (χ4v) is 4.63. The number of anilines is 1. The molecule has 5 amide bonds. The molecule has 0 bridgehead atoms. The van der Waals surface area contributed by atoms with Gasteiger partial charge in [-0.3, -0.25) is 29.4 Å². The van der Waals surface area contributed by atoms with Crippen molar-refractivity contribution in [2.45, 2.75) is 57.6 Å². The predicted octanol–water partition coefficient (Wildman–Crippen LogP) is 3.38. The number of amides is 5. The fourth-order valence-electron chi connectivity index (χ4n) is 4.63. The summed E-state index contributed by atoms with van der Waals surface area (Å²) in [4.78, 5) is 62.5. The molecule has 0 radical (unpaired) electrons. The Morgan fingerprint density at radius 2 is 1.63 bits per heavy atom. The molecule has 1 saturated heterocycles. The Morgan fingerprint density at radius 3 is 2.39 bits per heavy atom. The second-order valence-corrected chi connectivity index (χ2v) is 9.36. The van der Waals surface area contributed by atoms with E-state index in [1.807, 2.05) is 30.3 Å². The molecule has 0 spiro atoms. The lowest BCUT2D eigenvalue weighted by molar-refractivity contribution is -0.136. The van der Waals surface area contributed by atoms with Crippen LogP contribution in [0.2, 0.25) is 0 Å². The molecule has 1 unspecified atom stereocenters. The molecule has 10 nitrogen and oxygen atoms in total. The number of carbonyl (C=O) groups excluding carboxylic acids is 5. The predicted molar refractivity (Wildman–Crippen MR) is 139 cm³/mol. The molecule has 3 N–H and O–H groups in total. The number of hydrogen-bond donors (Lipinski definition) is 3. The lowest BCUT2D eigenvalue weighted by atomic mass is 10.0. The number of fused-ring (bicyclic) bond motifs is 1. The minimum atomic E-state index is -0.979. The van der Waals surface area contributed by atoms with Gasteiger partial charge in [0, 0.05) is 25.2 Å². The number of imide groups is 2. The maximum Gasteiger partial charge on any atom is 0.407 e. The van der Waals surface area contributed by atoms with Gasteiger partial charge < -0.3 is 15.4 Å². The van der Waals surface area contributed by atoms with Crippen molar-refractivity contribution < 1.29 is 28.7 Å². The van der Waals surface area contributed by atoms with E-state index in [1.165, 1.54) is 0 Å². The summed E-state index contributed by atoms with van der Waals surface area (Å²) >= 11 is 0. The third-order valence-electron chi connectivity index (χ3n) is 6.62. The van der Waals surface area contributed by atoms with Crippen molar-refractivity contribution in [3.8, 4) is 0 Å². The minimum Gasteiger partial charge on any atom is -0.445 e. The van der Waals surface area contributed by atoms with Gasteiger partial charge in [-0.15, -0.1) is 0 Å². The molecule has 2 aliphatic heterocycles. The van der Waals surface area contributed by atoms with Gasteiger partial charge in [0.1, 0.15) is 12.6 Å². The molecule has 0 saturated carbocycles.